The van der Waals surface area contributed by atoms with E-state index >= 15 is 0 Å². The average Bonchev–Trinajstić information content (AvgIpc) is 3.19. The molecule has 0 fully saturated rings. The van der Waals surface area contributed by atoms with Crippen LogP contribution >= 0.6 is 11.3 Å². The van der Waals surface area contributed by atoms with E-state index in [4.69, 9.17) is 4.74 Å². The summed E-state index contributed by atoms with van der Waals surface area (Å²) >= 11 is 1.51. The Hall–Kier alpha value is -3.19. The Bertz CT molecular complexity index is 834. The minimum Gasteiger partial charge on any atom is -0.487 e. The van der Waals surface area contributed by atoms with Crippen molar-refractivity contribution < 1.29 is 14.3 Å². The van der Waals surface area contributed by atoms with Gasteiger partial charge in [-0.3, -0.25) is 20.4 Å². The summed E-state index contributed by atoms with van der Waals surface area (Å²) in [5.41, 5.74) is 8.24. The van der Waals surface area contributed by atoms with Gasteiger partial charge in [-0.1, -0.05) is 18.2 Å². The molecule has 2 amide bonds. The van der Waals surface area contributed by atoms with Gasteiger partial charge < -0.3 is 4.74 Å². The van der Waals surface area contributed by atoms with Crippen molar-refractivity contribution in [2.24, 2.45) is 0 Å². The maximum absolute atomic E-state index is 12.1. The lowest BCUT2D eigenvalue weighted by Crippen LogP contribution is -2.41. The fourth-order valence-corrected chi connectivity index (χ4v) is 2.56. The zero-order chi connectivity index (χ0) is 17.5. The number of hydrogen-bond donors (Lipinski definition) is 2. The Morgan fingerprint density at radius 2 is 1.56 bits per heavy atom. The van der Waals surface area contributed by atoms with Gasteiger partial charge in [0.25, 0.3) is 11.8 Å². The van der Waals surface area contributed by atoms with Crippen LogP contribution in [0.4, 0.5) is 0 Å². The average molecular weight is 353 g/mol. The molecule has 0 aliphatic heterocycles. The smallest absolute Gasteiger partial charge is 0.269 e. The van der Waals surface area contributed by atoms with Crippen molar-refractivity contribution in [2.75, 3.05) is 0 Å². The summed E-state index contributed by atoms with van der Waals surface area (Å²) in [4.78, 5) is 28.1. The SMILES string of the molecule is O=C(NNC(=O)c1ccc(OCc2cscn2)cc1)c1ccccc1. The monoisotopic (exact) mass is 353 g/mol. The highest BCUT2D eigenvalue weighted by Crippen LogP contribution is 2.14. The van der Waals surface area contributed by atoms with Gasteiger partial charge >= 0.3 is 0 Å². The van der Waals surface area contributed by atoms with Crippen LogP contribution in [0.1, 0.15) is 26.4 Å². The van der Waals surface area contributed by atoms with Gasteiger partial charge in [0.15, 0.2) is 0 Å². The Labute approximate surface area is 148 Å². The molecule has 0 aliphatic carbocycles. The first-order valence-corrected chi connectivity index (χ1v) is 8.42. The molecule has 3 aromatic rings. The fraction of sp³-hybridized carbons (Fsp3) is 0.0556. The lowest BCUT2D eigenvalue weighted by atomic mass is 10.2. The normalized spacial score (nSPS) is 10.1. The summed E-state index contributed by atoms with van der Waals surface area (Å²) in [6.07, 6.45) is 0. The summed E-state index contributed by atoms with van der Waals surface area (Å²) in [6, 6.07) is 15.3. The van der Waals surface area contributed by atoms with Crippen molar-refractivity contribution in [3.8, 4) is 5.75 Å². The third kappa shape index (κ3) is 4.65. The van der Waals surface area contributed by atoms with Crippen molar-refractivity contribution >= 4 is 23.2 Å². The molecule has 0 atom stereocenters. The highest BCUT2D eigenvalue weighted by atomic mass is 32.1. The van der Waals surface area contributed by atoms with E-state index in [-0.39, 0.29) is 5.91 Å². The van der Waals surface area contributed by atoms with E-state index in [0.717, 1.165) is 5.69 Å². The molecule has 6 nitrogen and oxygen atoms in total. The number of hydrazine groups is 1. The van der Waals surface area contributed by atoms with Crippen LogP contribution in [0.25, 0.3) is 0 Å². The number of rotatable bonds is 5. The van der Waals surface area contributed by atoms with Crippen LogP contribution in [-0.4, -0.2) is 16.8 Å². The second-order valence-corrected chi connectivity index (χ2v) is 5.79. The lowest BCUT2D eigenvalue weighted by Gasteiger charge is -2.08. The van der Waals surface area contributed by atoms with Gasteiger partial charge in [-0.05, 0) is 36.4 Å². The summed E-state index contributed by atoms with van der Waals surface area (Å²) < 4.78 is 5.58. The van der Waals surface area contributed by atoms with Crippen molar-refractivity contribution in [2.45, 2.75) is 6.61 Å². The van der Waals surface area contributed by atoms with Crippen LogP contribution in [0.3, 0.4) is 0 Å². The number of carbonyl (C=O) groups excluding carboxylic acids is 2. The van der Waals surface area contributed by atoms with Crippen LogP contribution < -0.4 is 15.6 Å². The molecule has 126 valence electrons. The number of nitrogens with one attached hydrogen (secondary N) is 2. The van der Waals surface area contributed by atoms with E-state index in [2.05, 4.69) is 15.8 Å². The van der Waals surface area contributed by atoms with Crippen molar-refractivity contribution in [1.29, 1.82) is 0 Å². The maximum Gasteiger partial charge on any atom is 0.269 e. The van der Waals surface area contributed by atoms with E-state index in [0.29, 0.717) is 23.5 Å². The molecular weight excluding hydrogens is 338 g/mol. The largest absolute Gasteiger partial charge is 0.487 e. The van der Waals surface area contributed by atoms with Crippen molar-refractivity contribution in [3.05, 3.63) is 82.3 Å². The fourth-order valence-electron chi connectivity index (χ4n) is 2.02. The van der Waals surface area contributed by atoms with Crippen LogP contribution in [0.2, 0.25) is 0 Å². The Kier molecular flexibility index (Phi) is 5.38. The summed E-state index contributed by atoms with van der Waals surface area (Å²) in [6.45, 7) is 0.377. The van der Waals surface area contributed by atoms with Crippen LogP contribution in [-0.2, 0) is 6.61 Å². The van der Waals surface area contributed by atoms with Gasteiger partial charge in [0.2, 0.25) is 0 Å². The van der Waals surface area contributed by atoms with E-state index in [1.165, 1.54) is 11.3 Å². The van der Waals surface area contributed by atoms with Crippen LogP contribution in [0.5, 0.6) is 5.75 Å². The lowest BCUT2D eigenvalue weighted by molar-refractivity contribution is 0.0846. The van der Waals surface area contributed by atoms with E-state index < -0.39 is 5.91 Å². The quantitative estimate of drug-likeness (QED) is 0.691. The number of aromatic nitrogens is 1. The molecule has 25 heavy (non-hydrogen) atoms. The highest BCUT2D eigenvalue weighted by Gasteiger charge is 2.09. The molecule has 1 heterocycles. The number of amides is 2. The standard InChI is InChI=1S/C18H15N3O3S/c22-17(13-4-2-1-3-5-13)20-21-18(23)14-6-8-16(9-7-14)24-10-15-11-25-12-19-15/h1-9,11-12H,10H2,(H,20,22)(H,21,23). The molecule has 2 N–H and O–H groups in total. The summed E-state index contributed by atoms with van der Waals surface area (Å²) in [5, 5.41) is 1.91. The van der Waals surface area contributed by atoms with Gasteiger partial charge in [0.1, 0.15) is 12.4 Å². The van der Waals surface area contributed by atoms with E-state index in [1.54, 1.807) is 54.0 Å². The molecule has 0 saturated carbocycles. The first-order valence-electron chi connectivity index (χ1n) is 7.48. The molecule has 0 spiro atoms. The second-order valence-electron chi connectivity index (χ2n) is 5.07. The Morgan fingerprint density at radius 3 is 2.16 bits per heavy atom. The van der Waals surface area contributed by atoms with Gasteiger partial charge in [0, 0.05) is 16.5 Å². The number of hydrogen-bond acceptors (Lipinski definition) is 5. The van der Waals surface area contributed by atoms with Gasteiger partial charge in [-0.25, -0.2) is 4.98 Å². The molecule has 7 heteroatoms. The molecule has 0 saturated heterocycles. The third-order valence-corrected chi connectivity index (χ3v) is 3.95. The molecule has 2 aromatic carbocycles. The topological polar surface area (TPSA) is 80.3 Å². The predicted octanol–water partition coefficient (Wildman–Crippen LogP) is 2.80. The Morgan fingerprint density at radius 1 is 0.920 bits per heavy atom. The zero-order valence-electron chi connectivity index (χ0n) is 13.1. The molecule has 0 bridgehead atoms. The van der Waals surface area contributed by atoms with Crippen molar-refractivity contribution in [3.63, 3.8) is 0 Å². The minimum atomic E-state index is -0.407. The molecule has 1 aromatic heterocycles. The molecule has 3 rings (SSSR count). The van der Waals surface area contributed by atoms with E-state index in [1.807, 2.05) is 11.4 Å². The highest BCUT2D eigenvalue weighted by molar-refractivity contribution is 7.07. The summed E-state index contributed by atoms with van der Waals surface area (Å²) in [5.74, 6) is -0.148. The number of thiazole rings is 1. The van der Waals surface area contributed by atoms with Gasteiger partial charge in [0.05, 0.1) is 11.2 Å². The first-order chi connectivity index (χ1) is 12.2. The number of nitrogens with zero attached hydrogens (tertiary/aromatic N) is 1. The van der Waals surface area contributed by atoms with Crippen molar-refractivity contribution in [1.82, 2.24) is 15.8 Å². The first kappa shape index (κ1) is 16.7. The second kappa shape index (κ2) is 8.07. The zero-order valence-corrected chi connectivity index (χ0v) is 14.0. The molecule has 0 aliphatic rings. The third-order valence-electron chi connectivity index (χ3n) is 3.31. The van der Waals surface area contributed by atoms with Gasteiger partial charge in [-0.2, -0.15) is 0 Å². The Balaban J connectivity index is 1.51. The van der Waals surface area contributed by atoms with Gasteiger partial charge in [-0.15, -0.1) is 11.3 Å². The number of carbonyl (C=O) groups is 2. The number of ether oxygens (including phenoxy) is 1. The van der Waals surface area contributed by atoms with E-state index in [9.17, 15) is 9.59 Å². The molecule has 0 radical (unpaired) electrons. The maximum atomic E-state index is 12.1. The number of benzene rings is 2. The molecular formula is C18H15N3O3S. The van der Waals surface area contributed by atoms with Crippen LogP contribution in [0, 0.1) is 0 Å². The minimum absolute atomic E-state index is 0.377. The van der Waals surface area contributed by atoms with Crippen LogP contribution in [0.15, 0.2) is 65.5 Å². The predicted molar refractivity (Wildman–Crippen MR) is 94.3 cm³/mol. The summed E-state index contributed by atoms with van der Waals surface area (Å²) in [7, 11) is 0. The molecule has 0 unspecified atom stereocenters.